The van der Waals surface area contributed by atoms with Crippen LogP contribution in [-0.2, 0) is 9.53 Å². The molecular formula is C24H25N3O4. The summed E-state index contributed by atoms with van der Waals surface area (Å²) in [4.78, 5) is 33.2. The number of hydrogen-bond acceptors (Lipinski definition) is 5. The highest BCUT2D eigenvalue weighted by Gasteiger charge is 2.24. The van der Waals surface area contributed by atoms with E-state index in [0.717, 1.165) is 11.1 Å². The van der Waals surface area contributed by atoms with Gasteiger partial charge in [0.25, 0.3) is 5.91 Å². The van der Waals surface area contributed by atoms with Crippen molar-refractivity contribution in [1.82, 2.24) is 14.8 Å². The van der Waals surface area contributed by atoms with Crippen molar-refractivity contribution in [3.8, 4) is 22.8 Å². The third-order valence-corrected chi connectivity index (χ3v) is 5.31. The van der Waals surface area contributed by atoms with Crippen LogP contribution in [0.1, 0.15) is 15.9 Å². The SMILES string of the molecule is Cc1ccc(-c2cnc(-c3ccccc3C(=O)N(C)CC(=O)N3CCOCC3)o2)cc1. The first-order valence-electron chi connectivity index (χ1n) is 10.3. The van der Waals surface area contributed by atoms with E-state index in [1.54, 1.807) is 36.3 Å². The van der Waals surface area contributed by atoms with Crippen LogP contribution in [0.5, 0.6) is 0 Å². The Labute approximate surface area is 181 Å². The number of nitrogens with zero attached hydrogens (tertiary/aromatic N) is 3. The van der Waals surface area contributed by atoms with Gasteiger partial charge in [-0.05, 0) is 19.1 Å². The Morgan fingerprint density at radius 2 is 1.77 bits per heavy atom. The molecule has 2 aromatic carbocycles. The van der Waals surface area contributed by atoms with Crippen molar-refractivity contribution >= 4 is 11.8 Å². The number of oxazole rings is 1. The summed E-state index contributed by atoms with van der Waals surface area (Å²) in [5.41, 5.74) is 3.11. The van der Waals surface area contributed by atoms with Crippen molar-refractivity contribution in [2.45, 2.75) is 6.92 Å². The minimum absolute atomic E-state index is 0.00731. The molecular weight excluding hydrogens is 394 g/mol. The average Bonchev–Trinajstić information content (AvgIpc) is 3.29. The van der Waals surface area contributed by atoms with Gasteiger partial charge in [-0.1, -0.05) is 42.0 Å². The molecule has 160 valence electrons. The molecule has 0 unspecified atom stereocenters. The number of ether oxygens (including phenoxy) is 1. The summed E-state index contributed by atoms with van der Waals surface area (Å²) in [7, 11) is 1.63. The molecule has 4 rings (SSSR count). The van der Waals surface area contributed by atoms with E-state index in [0.29, 0.717) is 49.1 Å². The smallest absolute Gasteiger partial charge is 0.254 e. The summed E-state index contributed by atoms with van der Waals surface area (Å²) in [5.74, 6) is 0.655. The van der Waals surface area contributed by atoms with Crippen LogP contribution in [-0.4, -0.2) is 66.5 Å². The second-order valence-electron chi connectivity index (χ2n) is 7.60. The van der Waals surface area contributed by atoms with Gasteiger partial charge in [-0.15, -0.1) is 0 Å². The van der Waals surface area contributed by atoms with E-state index in [2.05, 4.69) is 4.98 Å². The van der Waals surface area contributed by atoms with Crippen molar-refractivity contribution in [1.29, 1.82) is 0 Å². The molecule has 3 aromatic rings. The van der Waals surface area contributed by atoms with Crippen LogP contribution in [0.15, 0.2) is 59.1 Å². The van der Waals surface area contributed by atoms with Crippen molar-refractivity contribution < 1.29 is 18.7 Å². The molecule has 0 saturated carbocycles. The maximum absolute atomic E-state index is 13.1. The van der Waals surface area contributed by atoms with E-state index in [9.17, 15) is 9.59 Å². The number of aromatic nitrogens is 1. The molecule has 0 aliphatic carbocycles. The molecule has 0 radical (unpaired) electrons. The van der Waals surface area contributed by atoms with Gasteiger partial charge < -0.3 is 19.0 Å². The highest BCUT2D eigenvalue weighted by atomic mass is 16.5. The quantitative estimate of drug-likeness (QED) is 0.635. The summed E-state index contributed by atoms with van der Waals surface area (Å²) in [6.45, 7) is 4.19. The first kappa shape index (κ1) is 20.8. The van der Waals surface area contributed by atoms with Crippen LogP contribution in [0.3, 0.4) is 0 Å². The summed E-state index contributed by atoms with van der Waals surface area (Å²) < 4.78 is 11.3. The lowest BCUT2D eigenvalue weighted by Crippen LogP contribution is -2.46. The van der Waals surface area contributed by atoms with Crippen molar-refractivity contribution in [2.24, 2.45) is 0 Å². The van der Waals surface area contributed by atoms with Crippen LogP contribution in [0.2, 0.25) is 0 Å². The maximum Gasteiger partial charge on any atom is 0.254 e. The number of benzene rings is 2. The number of rotatable bonds is 5. The number of likely N-dealkylation sites (N-methyl/N-ethyl adjacent to an activating group) is 1. The van der Waals surface area contributed by atoms with Crippen molar-refractivity contribution in [3.63, 3.8) is 0 Å². The fourth-order valence-electron chi connectivity index (χ4n) is 3.50. The topological polar surface area (TPSA) is 75.9 Å². The molecule has 0 N–H and O–H groups in total. The molecule has 1 aromatic heterocycles. The average molecular weight is 419 g/mol. The molecule has 7 nitrogen and oxygen atoms in total. The Morgan fingerprint density at radius 3 is 2.52 bits per heavy atom. The lowest BCUT2D eigenvalue weighted by atomic mass is 10.1. The van der Waals surface area contributed by atoms with Crippen LogP contribution in [0.25, 0.3) is 22.8 Å². The molecule has 7 heteroatoms. The van der Waals surface area contributed by atoms with E-state index in [-0.39, 0.29) is 18.4 Å². The fourth-order valence-corrected chi connectivity index (χ4v) is 3.50. The van der Waals surface area contributed by atoms with Crippen molar-refractivity contribution in [3.05, 3.63) is 65.9 Å². The van der Waals surface area contributed by atoms with Crippen LogP contribution >= 0.6 is 0 Å². The highest BCUT2D eigenvalue weighted by Crippen LogP contribution is 2.29. The van der Waals surface area contributed by atoms with E-state index >= 15 is 0 Å². The summed E-state index contributed by atoms with van der Waals surface area (Å²) >= 11 is 0. The Morgan fingerprint density at radius 1 is 1.06 bits per heavy atom. The Bertz CT molecular complexity index is 1070. The van der Waals surface area contributed by atoms with Crippen LogP contribution < -0.4 is 0 Å². The molecule has 31 heavy (non-hydrogen) atoms. The second-order valence-corrected chi connectivity index (χ2v) is 7.60. The summed E-state index contributed by atoms with van der Waals surface area (Å²) in [6, 6.07) is 15.1. The monoisotopic (exact) mass is 419 g/mol. The van der Waals surface area contributed by atoms with E-state index < -0.39 is 0 Å². The predicted molar refractivity (Wildman–Crippen MR) is 116 cm³/mol. The number of amides is 2. The van der Waals surface area contributed by atoms with Gasteiger partial charge >= 0.3 is 0 Å². The molecule has 0 spiro atoms. The third-order valence-electron chi connectivity index (χ3n) is 5.31. The molecule has 2 amide bonds. The van der Waals surface area contributed by atoms with Crippen LogP contribution in [0, 0.1) is 6.92 Å². The first-order valence-corrected chi connectivity index (χ1v) is 10.3. The number of morpholine rings is 1. The fraction of sp³-hybridized carbons (Fsp3) is 0.292. The Balaban J connectivity index is 1.53. The van der Waals surface area contributed by atoms with Gasteiger partial charge in [0.15, 0.2) is 5.76 Å². The molecule has 0 atom stereocenters. The molecule has 1 saturated heterocycles. The summed E-state index contributed by atoms with van der Waals surface area (Å²) in [5, 5.41) is 0. The zero-order valence-corrected chi connectivity index (χ0v) is 17.7. The number of hydrogen-bond donors (Lipinski definition) is 0. The Kier molecular flexibility index (Phi) is 6.13. The molecule has 1 fully saturated rings. The molecule has 0 bridgehead atoms. The van der Waals surface area contributed by atoms with E-state index in [1.807, 2.05) is 37.3 Å². The Hall–Kier alpha value is -3.45. The summed E-state index contributed by atoms with van der Waals surface area (Å²) in [6.07, 6.45) is 1.66. The molecule has 1 aliphatic rings. The van der Waals surface area contributed by atoms with Gasteiger partial charge in [-0.25, -0.2) is 4.98 Å². The highest BCUT2D eigenvalue weighted by molar-refractivity contribution is 6.01. The maximum atomic E-state index is 13.1. The predicted octanol–water partition coefficient (Wildman–Crippen LogP) is 3.25. The van der Waals surface area contributed by atoms with E-state index in [4.69, 9.17) is 9.15 Å². The zero-order chi connectivity index (χ0) is 21.8. The first-order chi connectivity index (χ1) is 15.0. The molecule has 1 aliphatic heterocycles. The number of aryl methyl sites for hydroxylation is 1. The number of carbonyl (C=O) groups excluding carboxylic acids is 2. The number of carbonyl (C=O) groups is 2. The van der Waals surface area contributed by atoms with E-state index in [1.165, 1.54) is 4.90 Å². The lowest BCUT2D eigenvalue weighted by molar-refractivity contribution is -0.135. The van der Waals surface area contributed by atoms with Gasteiger partial charge in [-0.2, -0.15) is 0 Å². The van der Waals surface area contributed by atoms with Crippen LogP contribution in [0.4, 0.5) is 0 Å². The van der Waals surface area contributed by atoms with Crippen molar-refractivity contribution in [2.75, 3.05) is 39.9 Å². The molecule has 2 heterocycles. The van der Waals surface area contributed by atoms with Gasteiger partial charge in [0.1, 0.15) is 0 Å². The van der Waals surface area contributed by atoms with Gasteiger partial charge in [0, 0.05) is 31.3 Å². The normalized spacial score (nSPS) is 13.8. The van der Waals surface area contributed by atoms with Gasteiger partial charge in [0.05, 0.1) is 31.5 Å². The van der Waals surface area contributed by atoms with Gasteiger partial charge in [-0.3, -0.25) is 9.59 Å². The zero-order valence-electron chi connectivity index (χ0n) is 17.7. The lowest BCUT2D eigenvalue weighted by Gasteiger charge is -2.28. The standard InChI is InChI=1S/C24H25N3O4/c1-17-7-9-18(10-8-17)21-15-25-23(31-21)19-5-3-4-6-20(19)24(29)26(2)16-22(28)27-11-13-30-14-12-27/h3-10,15H,11-14,16H2,1-2H3. The largest absolute Gasteiger partial charge is 0.436 e. The third kappa shape index (κ3) is 4.67. The second kappa shape index (κ2) is 9.14. The minimum Gasteiger partial charge on any atom is -0.436 e. The van der Waals surface area contributed by atoms with Gasteiger partial charge in [0.2, 0.25) is 11.8 Å². The minimum atomic E-state index is -0.257.